The first-order valence-corrected chi connectivity index (χ1v) is 10.7. The number of guanidine groups is 1. The van der Waals surface area contributed by atoms with E-state index in [1.165, 1.54) is 0 Å². The Morgan fingerprint density at radius 3 is 2.35 bits per heavy atom. The van der Waals surface area contributed by atoms with E-state index in [-0.39, 0.29) is 41.5 Å². The maximum atomic E-state index is 12.6. The van der Waals surface area contributed by atoms with Crippen LogP contribution >= 0.6 is 24.0 Å². The zero-order valence-electron chi connectivity index (χ0n) is 17.5. The molecule has 0 radical (unpaired) electrons. The van der Waals surface area contributed by atoms with Gasteiger partial charge < -0.3 is 15.5 Å². The minimum Gasteiger partial charge on any atom is -0.354 e. The molecule has 164 valence electrons. The summed E-state index contributed by atoms with van der Waals surface area (Å²) in [7, 11) is 0. The van der Waals surface area contributed by atoms with E-state index in [1.54, 1.807) is 0 Å². The topological polar surface area (TPSA) is 73.8 Å². The third-order valence-electron chi connectivity index (χ3n) is 5.82. The van der Waals surface area contributed by atoms with E-state index in [9.17, 15) is 9.59 Å². The first kappa shape index (κ1) is 23.4. The maximum absolute atomic E-state index is 12.6. The van der Waals surface area contributed by atoms with Gasteiger partial charge in [0.05, 0.1) is 6.54 Å². The van der Waals surface area contributed by atoms with Crippen LogP contribution in [0.5, 0.6) is 0 Å². The second kappa shape index (κ2) is 11.4. The van der Waals surface area contributed by atoms with Gasteiger partial charge in [0, 0.05) is 42.2 Å². The van der Waals surface area contributed by atoms with E-state index in [1.807, 2.05) is 54.6 Å². The van der Waals surface area contributed by atoms with Crippen LogP contribution in [0.15, 0.2) is 59.6 Å². The third kappa shape index (κ3) is 6.36. The Balaban J connectivity index is 0.00000272. The standard InChI is InChI=1S/C24H28N4O2.HI/c29-22(18-6-8-21(9-7-18)27-24-25-13-14-26-24)12-17-28-15-10-20(11-16-28)23(30)19-4-2-1-3-5-19;/h1-9,20H,10-17H2,(H2,25,26,27);1H. The number of rotatable bonds is 7. The molecule has 0 atom stereocenters. The largest absolute Gasteiger partial charge is 0.354 e. The summed E-state index contributed by atoms with van der Waals surface area (Å²) in [4.78, 5) is 31.8. The predicted molar refractivity (Wildman–Crippen MR) is 135 cm³/mol. The number of likely N-dealkylation sites (tertiary alicyclic amines) is 1. The number of halogens is 1. The van der Waals surface area contributed by atoms with Crippen molar-refractivity contribution in [1.82, 2.24) is 10.2 Å². The number of hydrogen-bond donors (Lipinski definition) is 2. The first-order valence-electron chi connectivity index (χ1n) is 10.7. The van der Waals surface area contributed by atoms with E-state index in [4.69, 9.17) is 0 Å². The van der Waals surface area contributed by atoms with Gasteiger partial charge in [-0.3, -0.25) is 14.6 Å². The molecule has 2 aromatic carbocycles. The fraction of sp³-hybridized carbons (Fsp3) is 0.375. The van der Waals surface area contributed by atoms with E-state index in [2.05, 4.69) is 20.5 Å². The minimum absolute atomic E-state index is 0. The van der Waals surface area contributed by atoms with Crippen LogP contribution in [0.4, 0.5) is 5.69 Å². The number of anilines is 1. The molecule has 2 N–H and O–H groups in total. The van der Waals surface area contributed by atoms with Gasteiger partial charge in [-0.05, 0) is 50.2 Å². The van der Waals surface area contributed by atoms with Gasteiger partial charge in [0.25, 0.3) is 0 Å². The number of hydrogen-bond acceptors (Lipinski definition) is 6. The second-order valence-corrected chi connectivity index (χ2v) is 7.88. The van der Waals surface area contributed by atoms with Crippen molar-refractivity contribution >= 4 is 47.2 Å². The van der Waals surface area contributed by atoms with Crippen LogP contribution in [0.2, 0.25) is 0 Å². The molecular weight excluding hydrogens is 503 g/mol. The average Bonchev–Trinajstić information content (AvgIpc) is 3.31. The Morgan fingerprint density at radius 2 is 1.71 bits per heavy atom. The van der Waals surface area contributed by atoms with Gasteiger partial charge in [-0.1, -0.05) is 30.3 Å². The Kier molecular flexibility index (Phi) is 8.60. The summed E-state index contributed by atoms with van der Waals surface area (Å²) >= 11 is 0. The number of nitrogens with one attached hydrogen (secondary N) is 2. The summed E-state index contributed by atoms with van der Waals surface area (Å²) in [5.41, 5.74) is 2.46. The fourth-order valence-electron chi connectivity index (χ4n) is 4.02. The van der Waals surface area contributed by atoms with Gasteiger partial charge in [-0.15, -0.1) is 24.0 Å². The highest BCUT2D eigenvalue weighted by atomic mass is 127. The highest BCUT2D eigenvalue weighted by molar-refractivity contribution is 14.0. The fourth-order valence-corrected chi connectivity index (χ4v) is 4.02. The summed E-state index contributed by atoms with van der Waals surface area (Å²) in [6.07, 6.45) is 2.22. The van der Waals surface area contributed by atoms with E-state index in [0.717, 1.165) is 68.3 Å². The Labute approximate surface area is 200 Å². The molecule has 2 aliphatic heterocycles. The van der Waals surface area contributed by atoms with Gasteiger partial charge in [0.15, 0.2) is 17.5 Å². The number of piperidine rings is 1. The lowest BCUT2D eigenvalue weighted by Crippen LogP contribution is -2.37. The van der Waals surface area contributed by atoms with Crippen molar-refractivity contribution in [3.8, 4) is 0 Å². The normalized spacial score (nSPS) is 16.7. The number of nitrogens with zero attached hydrogens (tertiary/aromatic N) is 2. The molecule has 0 bridgehead atoms. The molecule has 0 aliphatic carbocycles. The van der Waals surface area contributed by atoms with Crippen LogP contribution in [0, 0.1) is 5.92 Å². The maximum Gasteiger partial charge on any atom is 0.195 e. The average molecular weight is 532 g/mol. The summed E-state index contributed by atoms with van der Waals surface area (Å²) in [6, 6.07) is 17.1. The predicted octanol–water partition coefficient (Wildman–Crippen LogP) is 3.84. The molecule has 1 fully saturated rings. The van der Waals surface area contributed by atoms with Crippen LogP contribution in [0.3, 0.4) is 0 Å². The van der Waals surface area contributed by atoms with Crippen LogP contribution in [0.25, 0.3) is 0 Å². The highest BCUT2D eigenvalue weighted by Crippen LogP contribution is 2.22. The van der Waals surface area contributed by atoms with Crippen LogP contribution < -0.4 is 10.6 Å². The summed E-state index contributed by atoms with van der Waals surface area (Å²) < 4.78 is 0. The monoisotopic (exact) mass is 532 g/mol. The van der Waals surface area contributed by atoms with E-state index < -0.39 is 0 Å². The first-order chi connectivity index (χ1) is 14.7. The van der Waals surface area contributed by atoms with Crippen LogP contribution in [-0.4, -0.2) is 55.1 Å². The minimum atomic E-state index is 0. The summed E-state index contributed by atoms with van der Waals surface area (Å²) in [5, 5.41) is 6.37. The number of aliphatic imine (C=N–C) groups is 1. The van der Waals surface area contributed by atoms with Crippen molar-refractivity contribution < 1.29 is 9.59 Å². The highest BCUT2D eigenvalue weighted by Gasteiger charge is 2.25. The number of Topliss-reactive ketones (excluding diaryl/α,β-unsaturated/α-hetero) is 2. The molecular formula is C24H29IN4O2. The Bertz CT molecular complexity index is 907. The molecule has 0 aromatic heterocycles. The van der Waals surface area contributed by atoms with Crippen molar-refractivity contribution in [2.75, 3.05) is 38.0 Å². The van der Waals surface area contributed by atoms with Crippen molar-refractivity contribution in [2.24, 2.45) is 10.9 Å². The summed E-state index contributed by atoms with van der Waals surface area (Å²) in [6.45, 7) is 4.13. The zero-order valence-corrected chi connectivity index (χ0v) is 19.9. The lowest BCUT2D eigenvalue weighted by molar-refractivity contribution is 0.0822. The molecule has 0 unspecified atom stereocenters. The quantitative estimate of drug-likeness (QED) is 0.419. The zero-order chi connectivity index (χ0) is 20.8. The molecule has 7 heteroatoms. The van der Waals surface area contributed by atoms with Gasteiger partial charge in [0.2, 0.25) is 0 Å². The summed E-state index contributed by atoms with van der Waals surface area (Å²) in [5.74, 6) is 1.28. The third-order valence-corrected chi connectivity index (χ3v) is 5.82. The van der Waals surface area contributed by atoms with Gasteiger partial charge in [-0.25, -0.2) is 0 Å². The number of benzene rings is 2. The van der Waals surface area contributed by atoms with Gasteiger partial charge >= 0.3 is 0 Å². The molecule has 1 saturated heterocycles. The second-order valence-electron chi connectivity index (χ2n) is 7.88. The van der Waals surface area contributed by atoms with Crippen molar-refractivity contribution in [3.63, 3.8) is 0 Å². The molecule has 4 rings (SSSR count). The number of carbonyl (C=O) groups excluding carboxylic acids is 2. The smallest absolute Gasteiger partial charge is 0.195 e. The van der Waals surface area contributed by atoms with Crippen LogP contribution in [0.1, 0.15) is 40.0 Å². The van der Waals surface area contributed by atoms with E-state index >= 15 is 0 Å². The lowest BCUT2D eigenvalue weighted by Gasteiger charge is -2.31. The molecule has 0 saturated carbocycles. The molecule has 2 heterocycles. The SMILES string of the molecule is I.O=C(CCN1CCC(C(=O)c2ccccc2)CC1)c1ccc(NC2=NCCN2)cc1. The molecule has 2 aromatic rings. The molecule has 0 amide bonds. The number of carbonyl (C=O) groups is 2. The molecule has 2 aliphatic rings. The Morgan fingerprint density at radius 1 is 1.00 bits per heavy atom. The van der Waals surface area contributed by atoms with Crippen molar-refractivity contribution in [2.45, 2.75) is 19.3 Å². The van der Waals surface area contributed by atoms with Gasteiger partial charge in [0.1, 0.15) is 0 Å². The van der Waals surface area contributed by atoms with E-state index in [0.29, 0.717) is 6.42 Å². The molecule has 31 heavy (non-hydrogen) atoms. The lowest BCUT2D eigenvalue weighted by atomic mass is 9.89. The Hall–Kier alpha value is -2.26. The number of ketones is 2. The van der Waals surface area contributed by atoms with Crippen molar-refractivity contribution in [1.29, 1.82) is 0 Å². The molecule has 0 spiro atoms. The van der Waals surface area contributed by atoms with Crippen LogP contribution in [-0.2, 0) is 0 Å². The van der Waals surface area contributed by atoms with Crippen molar-refractivity contribution in [3.05, 3.63) is 65.7 Å². The van der Waals surface area contributed by atoms with Gasteiger partial charge in [-0.2, -0.15) is 0 Å². The molecule has 6 nitrogen and oxygen atoms in total.